The van der Waals surface area contributed by atoms with Gasteiger partial charge in [0.05, 0.1) is 19.8 Å². The van der Waals surface area contributed by atoms with Gasteiger partial charge in [0.1, 0.15) is 18.0 Å². The number of benzene rings is 1. The molecule has 2 rings (SSSR count). The zero-order valence-electron chi connectivity index (χ0n) is 11.5. The number of aliphatic carboxylic acids is 1. The van der Waals surface area contributed by atoms with Crippen LogP contribution in [-0.4, -0.2) is 48.7 Å². The zero-order valence-corrected chi connectivity index (χ0v) is 11.5. The van der Waals surface area contributed by atoms with Crippen LogP contribution in [0, 0.1) is 0 Å². The molecule has 1 amide bonds. The van der Waals surface area contributed by atoms with Gasteiger partial charge < -0.3 is 19.5 Å². The molecule has 1 N–H and O–H groups in total. The van der Waals surface area contributed by atoms with Crippen LogP contribution < -0.4 is 9.47 Å². The summed E-state index contributed by atoms with van der Waals surface area (Å²) in [6, 6.07) is 4.88. The Labute approximate surface area is 116 Å². The molecule has 0 atom stereocenters. The molecule has 0 spiro atoms. The van der Waals surface area contributed by atoms with E-state index < -0.39 is 5.97 Å². The Balaban J connectivity index is 2.28. The van der Waals surface area contributed by atoms with Crippen LogP contribution >= 0.6 is 0 Å². The van der Waals surface area contributed by atoms with Gasteiger partial charge in [-0.25, -0.2) is 0 Å². The predicted molar refractivity (Wildman–Crippen MR) is 71.2 cm³/mol. The SMILES string of the molecule is COc1ccc(C(=O)N(CC(=O)O)C2CC2)c(OC)c1. The highest BCUT2D eigenvalue weighted by molar-refractivity contribution is 5.98. The van der Waals surface area contributed by atoms with Crippen molar-refractivity contribution in [2.75, 3.05) is 20.8 Å². The number of carboxylic acids is 1. The molecular weight excluding hydrogens is 262 g/mol. The first-order chi connectivity index (χ1) is 9.56. The third-order valence-corrected chi connectivity index (χ3v) is 3.19. The summed E-state index contributed by atoms with van der Waals surface area (Å²) in [5.74, 6) is -0.382. The Kier molecular flexibility index (Phi) is 4.12. The fraction of sp³-hybridized carbons (Fsp3) is 0.429. The van der Waals surface area contributed by atoms with Gasteiger partial charge in [0.2, 0.25) is 0 Å². The molecule has 0 radical (unpaired) electrons. The van der Waals surface area contributed by atoms with Gasteiger partial charge in [0, 0.05) is 12.1 Å². The van der Waals surface area contributed by atoms with Gasteiger partial charge >= 0.3 is 5.97 Å². The number of carboxylic acid groups (broad SMARTS) is 1. The summed E-state index contributed by atoms with van der Waals surface area (Å²) >= 11 is 0. The smallest absolute Gasteiger partial charge is 0.323 e. The minimum atomic E-state index is -1.02. The van der Waals surface area contributed by atoms with E-state index in [0.29, 0.717) is 17.1 Å². The number of nitrogens with zero attached hydrogens (tertiary/aromatic N) is 1. The van der Waals surface area contributed by atoms with E-state index in [4.69, 9.17) is 14.6 Å². The van der Waals surface area contributed by atoms with Crippen molar-refractivity contribution in [1.82, 2.24) is 4.90 Å². The number of amides is 1. The highest BCUT2D eigenvalue weighted by atomic mass is 16.5. The van der Waals surface area contributed by atoms with Crippen molar-refractivity contribution >= 4 is 11.9 Å². The van der Waals surface area contributed by atoms with Gasteiger partial charge in [-0.15, -0.1) is 0 Å². The fourth-order valence-electron chi connectivity index (χ4n) is 2.03. The van der Waals surface area contributed by atoms with Crippen LogP contribution in [0.1, 0.15) is 23.2 Å². The van der Waals surface area contributed by atoms with Crippen LogP contribution in [0.3, 0.4) is 0 Å². The van der Waals surface area contributed by atoms with Crippen molar-refractivity contribution < 1.29 is 24.2 Å². The minimum Gasteiger partial charge on any atom is -0.497 e. The Morgan fingerprint density at radius 3 is 2.50 bits per heavy atom. The molecule has 0 aromatic heterocycles. The van der Waals surface area contributed by atoms with E-state index in [-0.39, 0.29) is 18.5 Å². The van der Waals surface area contributed by atoms with Crippen molar-refractivity contribution in [3.8, 4) is 11.5 Å². The highest BCUT2D eigenvalue weighted by Crippen LogP contribution is 2.31. The van der Waals surface area contributed by atoms with Gasteiger partial charge in [0.25, 0.3) is 5.91 Å². The number of methoxy groups -OCH3 is 2. The van der Waals surface area contributed by atoms with Gasteiger partial charge in [-0.2, -0.15) is 0 Å². The van der Waals surface area contributed by atoms with E-state index in [1.165, 1.54) is 19.1 Å². The third-order valence-electron chi connectivity index (χ3n) is 3.19. The van der Waals surface area contributed by atoms with E-state index in [2.05, 4.69) is 0 Å². The summed E-state index contributed by atoms with van der Waals surface area (Å²) in [5, 5.41) is 8.92. The monoisotopic (exact) mass is 279 g/mol. The molecule has 1 aromatic carbocycles. The average molecular weight is 279 g/mol. The summed E-state index contributed by atoms with van der Waals surface area (Å²) in [4.78, 5) is 24.8. The minimum absolute atomic E-state index is 0.0189. The molecule has 0 heterocycles. The van der Waals surface area contributed by atoms with Crippen LogP contribution in [0.5, 0.6) is 11.5 Å². The molecule has 6 nitrogen and oxygen atoms in total. The zero-order chi connectivity index (χ0) is 14.7. The largest absolute Gasteiger partial charge is 0.497 e. The van der Waals surface area contributed by atoms with E-state index in [0.717, 1.165) is 12.8 Å². The standard InChI is InChI=1S/C14H17NO5/c1-19-10-5-6-11(12(7-10)20-2)14(18)15(8-13(16)17)9-3-4-9/h5-7,9H,3-4,8H2,1-2H3,(H,16,17). The van der Waals surface area contributed by atoms with Crippen LogP contribution in [0.4, 0.5) is 0 Å². The third kappa shape index (κ3) is 3.01. The molecule has 20 heavy (non-hydrogen) atoms. The van der Waals surface area contributed by atoms with E-state index >= 15 is 0 Å². The molecule has 0 saturated heterocycles. The first kappa shape index (κ1) is 14.2. The van der Waals surface area contributed by atoms with Crippen molar-refractivity contribution in [3.05, 3.63) is 23.8 Å². The van der Waals surface area contributed by atoms with E-state index in [1.807, 2.05) is 0 Å². The molecular formula is C14H17NO5. The normalized spacial score (nSPS) is 13.7. The molecule has 108 valence electrons. The summed E-state index contributed by atoms with van der Waals surface area (Å²) in [6.07, 6.45) is 1.69. The molecule has 1 aliphatic rings. The maximum atomic E-state index is 12.5. The van der Waals surface area contributed by atoms with Crippen molar-refractivity contribution in [2.24, 2.45) is 0 Å². The van der Waals surface area contributed by atoms with Crippen molar-refractivity contribution in [3.63, 3.8) is 0 Å². The summed E-state index contributed by atoms with van der Waals surface area (Å²) in [7, 11) is 2.99. The van der Waals surface area contributed by atoms with Gasteiger partial charge in [-0.05, 0) is 25.0 Å². The quantitative estimate of drug-likeness (QED) is 0.851. The highest BCUT2D eigenvalue weighted by Gasteiger charge is 2.35. The second-order valence-electron chi connectivity index (χ2n) is 4.62. The van der Waals surface area contributed by atoms with Crippen LogP contribution in [0.25, 0.3) is 0 Å². The topological polar surface area (TPSA) is 76.1 Å². The van der Waals surface area contributed by atoms with Gasteiger partial charge in [-0.3, -0.25) is 9.59 Å². The lowest BCUT2D eigenvalue weighted by atomic mass is 10.1. The first-order valence-electron chi connectivity index (χ1n) is 6.31. The molecule has 6 heteroatoms. The second-order valence-corrected chi connectivity index (χ2v) is 4.62. The summed E-state index contributed by atoms with van der Waals surface area (Å²) < 4.78 is 10.3. The Morgan fingerprint density at radius 2 is 2.00 bits per heavy atom. The Morgan fingerprint density at radius 1 is 1.30 bits per heavy atom. The molecule has 1 saturated carbocycles. The number of hydrogen-bond donors (Lipinski definition) is 1. The maximum absolute atomic E-state index is 12.5. The Bertz CT molecular complexity index is 524. The average Bonchev–Trinajstić information content (AvgIpc) is 3.27. The van der Waals surface area contributed by atoms with Crippen molar-refractivity contribution in [2.45, 2.75) is 18.9 Å². The number of carbonyl (C=O) groups excluding carboxylic acids is 1. The molecule has 0 unspecified atom stereocenters. The number of ether oxygens (including phenoxy) is 2. The van der Waals surface area contributed by atoms with Crippen LogP contribution in [-0.2, 0) is 4.79 Å². The number of hydrogen-bond acceptors (Lipinski definition) is 4. The summed E-state index contributed by atoms with van der Waals surface area (Å²) in [5.41, 5.74) is 0.349. The molecule has 0 aliphatic heterocycles. The first-order valence-corrected chi connectivity index (χ1v) is 6.31. The second kappa shape index (κ2) is 5.81. The molecule has 1 aromatic rings. The Hall–Kier alpha value is -2.24. The van der Waals surface area contributed by atoms with Crippen LogP contribution in [0.2, 0.25) is 0 Å². The maximum Gasteiger partial charge on any atom is 0.323 e. The molecule has 1 aliphatic carbocycles. The number of rotatable bonds is 6. The molecule has 0 bridgehead atoms. The lowest BCUT2D eigenvalue weighted by molar-refractivity contribution is -0.137. The summed E-state index contributed by atoms with van der Waals surface area (Å²) in [6.45, 7) is -0.293. The van der Waals surface area contributed by atoms with Crippen LogP contribution in [0.15, 0.2) is 18.2 Å². The number of carbonyl (C=O) groups is 2. The molecule has 1 fully saturated rings. The fourth-order valence-corrected chi connectivity index (χ4v) is 2.03. The predicted octanol–water partition coefficient (Wildman–Crippen LogP) is 1.39. The lowest BCUT2D eigenvalue weighted by Gasteiger charge is -2.21. The van der Waals surface area contributed by atoms with Gasteiger partial charge in [0.15, 0.2) is 0 Å². The lowest BCUT2D eigenvalue weighted by Crippen LogP contribution is -2.37. The van der Waals surface area contributed by atoms with Crippen molar-refractivity contribution in [1.29, 1.82) is 0 Å². The van der Waals surface area contributed by atoms with E-state index in [1.54, 1.807) is 18.2 Å². The van der Waals surface area contributed by atoms with Gasteiger partial charge in [-0.1, -0.05) is 0 Å². The van der Waals surface area contributed by atoms with E-state index in [9.17, 15) is 9.59 Å².